The van der Waals surface area contributed by atoms with Gasteiger partial charge in [0, 0.05) is 14.1 Å². The second-order valence-corrected chi connectivity index (χ2v) is 2.63. The lowest BCUT2D eigenvalue weighted by molar-refractivity contribution is -0.172. The summed E-state index contributed by atoms with van der Waals surface area (Å²) in [6.07, 6.45) is 2.27. The highest BCUT2D eigenvalue weighted by atomic mass is 16.7. The summed E-state index contributed by atoms with van der Waals surface area (Å²) >= 11 is 0. The monoisotopic (exact) mass is 158 g/mol. The normalized spacial score (nSPS) is 20.9. The molecule has 1 fully saturated rings. The van der Waals surface area contributed by atoms with Crippen LogP contribution < -0.4 is 0 Å². The third kappa shape index (κ3) is 3.34. The van der Waals surface area contributed by atoms with E-state index in [4.69, 9.17) is 9.47 Å². The van der Waals surface area contributed by atoms with Gasteiger partial charge < -0.3 is 14.4 Å². The number of aliphatic imine (C=N–C) groups is 1. The van der Waals surface area contributed by atoms with Crippen molar-refractivity contribution in [1.82, 2.24) is 4.90 Å². The minimum absolute atomic E-state index is 0.383. The van der Waals surface area contributed by atoms with Crippen molar-refractivity contribution in [3.8, 4) is 0 Å². The second kappa shape index (κ2) is 4.31. The molecule has 1 aliphatic rings. The van der Waals surface area contributed by atoms with E-state index in [1.807, 2.05) is 19.0 Å². The largest absolute Gasteiger partial charge is 0.369 e. The second-order valence-electron chi connectivity index (χ2n) is 2.63. The van der Waals surface area contributed by atoms with Crippen LogP contribution in [0.3, 0.4) is 0 Å². The van der Waals surface area contributed by atoms with Crippen molar-refractivity contribution in [2.24, 2.45) is 4.99 Å². The van der Waals surface area contributed by atoms with Gasteiger partial charge in [-0.25, -0.2) is 4.99 Å². The molecule has 0 spiro atoms. The van der Waals surface area contributed by atoms with Crippen LogP contribution in [0.25, 0.3) is 0 Å². The van der Waals surface area contributed by atoms with E-state index in [0.717, 1.165) is 19.6 Å². The van der Waals surface area contributed by atoms with E-state index >= 15 is 0 Å². The molecule has 11 heavy (non-hydrogen) atoms. The summed E-state index contributed by atoms with van der Waals surface area (Å²) in [7, 11) is 3.82. The zero-order valence-electron chi connectivity index (χ0n) is 6.99. The van der Waals surface area contributed by atoms with Crippen LogP contribution in [0.4, 0.5) is 0 Å². The van der Waals surface area contributed by atoms with Gasteiger partial charge in [0.05, 0.1) is 19.6 Å². The predicted molar refractivity (Wildman–Crippen MR) is 42.5 cm³/mol. The predicted octanol–water partition coefficient (Wildman–Crippen LogP) is 0.297. The van der Waals surface area contributed by atoms with Crippen LogP contribution in [-0.4, -0.2) is 45.0 Å². The smallest absolute Gasteiger partial charge is 0.259 e. The van der Waals surface area contributed by atoms with Crippen molar-refractivity contribution in [3.05, 3.63) is 0 Å². The third-order valence-electron chi connectivity index (χ3n) is 1.23. The van der Waals surface area contributed by atoms with Gasteiger partial charge in [0.1, 0.15) is 0 Å². The molecule has 1 rings (SSSR count). The van der Waals surface area contributed by atoms with E-state index in [2.05, 4.69) is 4.99 Å². The Hall–Kier alpha value is -0.610. The maximum Gasteiger partial charge on any atom is 0.259 e. The molecule has 1 aliphatic heterocycles. The molecule has 0 aliphatic carbocycles. The van der Waals surface area contributed by atoms with Crippen LogP contribution >= 0.6 is 0 Å². The summed E-state index contributed by atoms with van der Waals surface area (Å²) < 4.78 is 10.4. The van der Waals surface area contributed by atoms with Crippen molar-refractivity contribution < 1.29 is 9.47 Å². The van der Waals surface area contributed by atoms with Gasteiger partial charge in [0.2, 0.25) is 0 Å². The minimum Gasteiger partial charge on any atom is -0.369 e. The topological polar surface area (TPSA) is 34.1 Å². The molecule has 1 saturated heterocycles. The molecule has 0 unspecified atom stereocenters. The SMILES string of the molecule is CN(C)C=NC1OCCCO1. The zero-order chi connectivity index (χ0) is 8.10. The first-order chi connectivity index (χ1) is 5.29. The lowest BCUT2D eigenvalue weighted by Gasteiger charge is -2.19. The Morgan fingerprint density at radius 1 is 1.36 bits per heavy atom. The Morgan fingerprint density at radius 3 is 2.55 bits per heavy atom. The summed E-state index contributed by atoms with van der Waals surface area (Å²) in [5, 5.41) is 0. The Bertz CT molecular complexity index is 130. The summed E-state index contributed by atoms with van der Waals surface area (Å²) in [4.78, 5) is 5.89. The summed E-state index contributed by atoms with van der Waals surface area (Å²) in [5.74, 6) is 0. The standard InChI is InChI=1S/C7H14N2O2/c1-9(2)6-8-7-10-4-3-5-11-7/h6-7H,3-5H2,1-2H3. The average Bonchev–Trinajstić information content (AvgIpc) is 2.03. The van der Waals surface area contributed by atoms with Crippen LogP contribution in [0, 0.1) is 0 Å². The molecule has 0 radical (unpaired) electrons. The fourth-order valence-electron chi connectivity index (χ4n) is 0.749. The zero-order valence-corrected chi connectivity index (χ0v) is 6.99. The highest BCUT2D eigenvalue weighted by Gasteiger charge is 2.10. The van der Waals surface area contributed by atoms with Gasteiger partial charge in [-0.1, -0.05) is 0 Å². The first kappa shape index (κ1) is 8.49. The number of rotatable bonds is 2. The quantitative estimate of drug-likeness (QED) is 0.428. The van der Waals surface area contributed by atoms with Gasteiger partial charge in [-0.05, 0) is 6.42 Å². The highest BCUT2D eigenvalue weighted by Crippen LogP contribution is 2.04. The van der Waals surface area contributed by atoms with Crippen LogP contribution in [0.5, 0.6) is 0 Å². The fourth-order valence-corrected chi connectivity index (χ4v) is 0.749. The summed E-state index contributed by atoms with van der Waals surface area (Å²) in [5.41, 5.74) is 0. The van der Waals surface area contributed by atoms with Crippen molar-refractivity contribution in [2.75, 3.05) is 27.3 Å². The molecule has 1 heterocycles. The van der Waals surface area contributed by atoms with E-state index < -0.39 is 0 Å². The Morgan fingerprint density at radius 2 is 2.00 bits per heavy atom. The molecular weight excluding hydrogens is 144 g/mol. The van der Waals surface area contributed by atoms with Gasteiger partial charge in [-0.2, -0.15) is 0 Å². The molecule has 0 saturated carbocycles. The maximum absolute atomic E-state index is 5.18. The lowest BCUT2D eigenvalue weighted by Crippen LogP contribution is -2.24. The average molecular weight is 158 g/mol. The maximum atomic E-state index is 5.18. The Labute approximate surface area is 66.8 Å². The van der Waals surface area contributed by atoms with Gasteiger partial charge in [-0.15, -0.1) is 0 Å². The number of hydrogen-bond donors (Lipinski definition) is 0. The fraction of sp³-hybridized carbons (Fsp3) is 0.857. The summed E-state index contributed by atoms with van der Waals surface area (Å²) in [6, 6.07) is 0. The first-order valence-corrected chi connectivity index (χ1v) is 3.72. The van der Waals surface area contributed by atoms with Gasteiger partial charge in [0.25, 0.3) is 6.41 Å². The molecule has 4 nitrogen and oxygen atoms in total. The molecule has 4 heteroatoms. The summed E-state index contributed by atoms with van der Waals surface area (Å²) in [6.45, 7) is 1.49. The third-order valence-corrected chi connectivity index (χ3v) is 1.23. The van der Waals surface area contributed by atoms with Crippen molar-refractivity contribution in [2.45, 2.75) is 12.8 Å². The lowest BCUT2D eigenvalue weighted by atomic mass is 10.5. The highest BCUT2D eigenvalue weighted by molar-refractivity contribution is 5.53. The molecule has 0 atom stereocenters. The van der Waals surface area contributed by atoms with E-state index in [-0.39, 0.29) is 6.41 Å². The molecule has 0 aromatic heterocycles. The number of nitrogens with zero attached hydrogens (tertiary/aromatic N) is 2. The van der Waals surface area contributed by atoms with Gasteiger partial charge in [0.15, 0.2) is 0 Å². The van der Waals surface area contributed by atoms with Crippen molar-refractivity contribution in [1.29, 1.82) is 0 Å². The van der Waals surface area contributed by atoms with Crippen LogP contribution in [0.2, 0.25) is 0 Å². The van der Waals surface area contributed by atoms with E-state index in [1.165, 1.54) is 0 Å². The van der Waals surface area contributed by atoms with E-state index in [1.54, 1.807) is 6.34 Å². The molecule has 0 bridgehead atoms. The van der Waals surface area contributed by atoms with E-state index in [9.17, 15) is 0 Å². The Kier molecular flexibility index (Phi) is 3.32. The first-order valence-electron chi connectivity index (χ1n) is 3.72. The molecule has 64 valence electrons. The number of ether oxygens (including phenoxy) is 2. The van der Waals surface area contributed by atoms with Crippen LogP contribution in [0.1, 0.15) is 6.42 Å². The van der Waals surface area contributed by atoms with Crippen molar-refractivity contribution in [3.63, 3.8) is 0 Å². The Balaban J connectivity index is 2.23. The van der Waals surface area contributed by atoms with Gasteiger partial charge >= 0.3 is 0 Å². The molecule has 0 amide bonds. The molecule has 0 aromatic rings. The number of hydrogen-bond acceptors (Lipinski definition) is 3. The van der Waals surface area contributed by atoms with Crippen LogP contribution in [-0.2, 0) is 9.47 Å². The van der Waals surface area contributed by atoms with Gasteiger partial charge in [-0.3, -0.25) is 0 Å². The minimum atomic E-state index is -0.383. The van der Waals surface area contributed by atoms with Crippen LogP contribution in [0.15, 0.2) is 4.99 Å². The molecule has 0 aromatic carbocycles. The molecular formula is C7H14N2O2. The van der Waals surface area contributed by atoms with E-state index in [0.29, 0.717) is 0 Å². The van der Waals surface area contributed by atoms with Crippen molar-refractivity contribution >= 4 is 6.34 Å². The molecule has 0 N–H and O–H groups in total.